The molecule has 2 N–H and O–H groups in total. The molecule has 0 spiro atoms. The van der Waals surface area contributed by atoms with Crippen molar-refractivity contribution in [3.63, 3.8) is 0 Å². The SMILES string of the molecule is CC(NCCC1CCC1)C(C)(C)O. The summed E-state index contributed by atoms with van der Waals surface area (Å²) in [6, 6.07) is 0.188. The summed E-state index contributed by atoms with van der Waals surface area (Å²) in [6.07, 6.45) is 5.53. The molecule has 1 unspecified atom stereocenters. The van der Waals surface area contributed by atoms with Gasteiger partial charge in [-0.2, -0.15) is 0 Å². The second kappa shape index (κ2) is 4.43. The fourth-order valence-corrected chi connectivity index (χ4v) is 1.54. The van der Waals surface area contributed by atoms with E-state index in [0.29, 0.717) is 0 Å². The van der Waals surface area contributed by atoms with Crippen molar-refractivity contribution in [1.82, 2.24) is 5.32 Å². The van der Waals surface area contributed by atoms with Crippen molar-refractivity contribution in [3.8, 4) is 0 Å². The van der Waals surface area contributed by atoms with Gasteiger partial charge >= 0.3 is 0 Å². The van der Waals surface area contributed by atoms with E-state index in [0.717, 1.165) is 12.5 Å². The standard InChI is InChI=1S/C11H23NO/c1-9(11(2,3)13)12-8-7-10-5-4-6-10/h9-10,12-13H,4-8H2,1-3H3. The Balaban J connectivity index is 2.04. The minimum Gasteiger partial charge on any atom is -0.389 e. The van der Waals surface area contributed by atoms with Gasteiger partial charge in [0, 0.05) is 6.04 Å². The number of rotatable bonds is 5. The molecule has 0 radical (unpaired) electrons. The lowest BCUT2D eigenvalue weighted by Gasteiger charge is -2.29. The van der Waals surface area contributed by atoms with Gasteiger partial charge in [-0.15, -0.1) is 0 Å². The van der Waals surface area contributed by atoms with Crippen LogP contribution < -0.4 is 5.32 Å². The molecule has 13 heavy (non-hydrogen) atoms. The summed E-state index contributed by atoms with van der Waals surface area (Å²) in [5, 5.41) is 13.0. The van der Waals surface area contributed by atoms with E-state index in [1.165, 1.54) is 25.7 Å². The third-order valence-electron chi connectivity index (χ3n) is 3.29. The van der Waals surface area contributed by atoms with E-state index >= 15 is 0 Å². The van der Waals surface area contributed by atoms with Gasteiger partial charge in [0.05, 0.1) is 5.60 Å². The van der Waals surface area contributed by atoms with Gasteiger partial charge < -0.3 is 10.4 Å². The molecule has 0 aromatic carbocycles. The van der Waals surface area contributed by atoms with Gasteiger partial charge in [-0.05, 0) is 39.7 Å². The van der Waals surface area contributed by atoms with Gasteiger partial charge in [0.1, 0.15) is 0 Å². The van der Waals surface area contributed by atoms with Crippen LogP contribution in [0.1, 0.15) is 46.5 Å². The van der Waals surface area contributed by atoms with Crippen LogP contribution in [0.4, 0.5) is 0 Å². The molecule has 1 rings (SSSR count). The maximum absolute atomic E-state index is 9.66. The molecular weight excluding hydrogens is 162 g/mol. The molecule has 0 aromatic heterocycles. The predicted molar refractivity (Wildman–Crippen MR) is 55.7 cm³/mol. The Labute approximate surface area is 81.7 Å². The lowest BCUT2D eigenvalue weighted by Crippen LogP contribution is -2.45. The highest BCUT2D eigenvalue weighted by molar-refractivity contribution is 4.80. The summed E-state index contributed by atoms with van der Waals surface area (Å²) in [6.45, 7) is 6.80. The number of hydrogen-bond acceptors (Lipinski definition) is 2. The van der Waals surface area contributed by atoms with Crippen molar-refractivity contribution in [2.45, 2.75) is 58.1 Å². The highest BCUT2D eigenvalue weighted by Gasteiger charge is 2.22. The second-order valence-corrected chi connectivity index (χ2v) is 4.92. The van der Waals surface area contributed by atoms with Crippen molar-refractivity contribution >= 4 is 0 Å². The third-order valence-corrected chi connectivity index (χ3v) is 3.29. The van der Waals surface area contributed by atoms with Crippen LogP contribution in [-0.4, -0.2) is 23.3 Å². The quantitative estimate of drug-likeness (QED) is 0.686. The van der Waals surface area contributed by atoms with E-state index in [1.807, 2.05) is 20.8 Å². The molecule has 0 aliphatic heterocycles. The van der Waals surface area contributed by atoms with Gasteiger partial charge in [-0.3, -0.25) is 0 Å². The first-order valence-corrected chi connectivity index (χ1v) is 5.46. The first-order chi connectivity index (χ1) is 6.00. The summed E-state index contributed by atoms with van der Waals surface area (Å²) < 4.78 is 0. The number of aliphatic hydroxyl groups is 1. The minimum absolute atomic E-state index is 0.188. The normalized spacial score (nSPS) is 21.2. The first-order valence-electron chi connectivity index (χ1n) is 5.46. The maximum atomic E-state index is 9.66. The minimum atomic E-state index is -0.598. The smallest absolute Gasteiger partial charge is 0.0741 e. The molecule has 0 heterocycles. The van der Waals surface area contributed by atoms with Crippen molar-refractivity contribution < 1.29 is 5.11 Å². The van der Waals surface area contributed by atoms with Gasteiger partial charge in [0.2, 0.25) is 0 Å². The summed E-state index contributed by atoms with van der Waals surface area (Å²) in [5.41, 5.74) is -0.598. The first kappa shape index (κ1) is 11.0. The number of nitrogens with one attached hydrogen (secondary N) is 1. The number of hydrogen-bond donors (Lipinski definition) is 2. The zero-order chi connectivity index (χ0) is 9.90. The van der Waals surface area contributed by atoms with Crippen LogP contribution in [-0.2, 0) is 0 Å². The van der Waals surface area contributed by atoms with Crippen molar-refractivity contribution in [3.05, 3.63) is 0 Å². The average molecular weight is 185 g/mol. The summed E-state index contributed by atoms with van der Waals surface area (Å²) >= 11 is 0. The van der Waals surface area contributed by atoms with Crippen molar-refractivity contribution in [2.75, 3.05) is 6.54 Å². The molecule has 1 aliphatic carbocycles. The lowest BCUT2D eigenvalue weighted by atomic mass is 9.83. The topological polar surface area (TPSA) is 32.3 Å². The molecule has 0 aromatic rings. The molecule has 2 heteroatoms. The van der Waals surface area contributed by atoms with Gasteiger partial charge in [0.25, 0.3) is 0 Å². The van der Waals surface area contributed by atoms with E-state index in [2.05, 4.69) is 5.32 Å². The Morgan fingerprint density at radius 1 is 1.46 bits per heavy atom. The van der Waals surface area contributed by atoms with Crippen LogP contribution in [0.3, 0.4) is 0 Å². The van der Waals surface area contributed by atoms with Crippen LogP contribution in [0.25, 0.3) is 0 Å². The Kier molecular flexibility index (Phi) is 3.74. The molecule has 0 amide bonds. The largest absolute Gasteiger partial charge is 0.389 e. The van der Waals surface area contributed by atoms with Crippen LogP contribution in [0.15, 0.2) is 0 Å². The molecule has 78 valence electrons. The van der Waals surface area contributed by atoms with E-state index < -0.39 is 5.60 Å². The fourth-order valence-electron chi connectivity index (χ4n) is 1.54. The predicted octanol–water partition coefficient (Wildman–Crippen LogP) is 1.93. The zero-order valence-electron chi connectivity index (χ0n) is 9.14. The zero-order valence-corrected chi connectivity index (χ0v) is 9.14. The van der Waals surface area contributed by atoms with E-state index in [1.54, 1.807) is 0 Å². The van der Waals surface area contributed by atoms with Crippen molar-refractivity contribution in [2.24, 2.45) is 5.92 Å². The van der Waals surface area contributed by atoms with Gasteiger partial charge in [-0.25, -0.2) is 0 Å². The van der Waals surface area contributed by atoms with Gasteiger partial charge in [-0.1, -0.05) is 19.3 Å². The molecule has 2 nitrogen and oxygen atoms in total. The highest BCUT2D eigenvalue weighted by atomic mass is 16.3. The molecule has 0 bridgehead atoms. The summed E-state index contributed by atoms with van der Waals surface area (Å²) in [7, 11) is 0. The van der Waals surface area contributed by atoms with Crippen LogP contribution in [0.5, 0.6) is 0 Å². The Bertz CT molecular complexity index is 147. The second-order valence-electron chi connectivity index (χ2n) is 4.92. The third kappa shape index (κ3) is 3.65. The summed E-state index contributed by atoms with van der Waals surface area (Å²) in [5.74, 6) is 0.960. The molecule has 0 saturated heterocycles. The van der Waals surface area contributed by atoms with E-state index in [9.17, 15) is 5.11 Å². The molecule has 1 fully saturated rings. The molecule has 1 saturated carbocycles. The Hall–Kier alpha value is -0.0800. The maximum Gasteiger partial charge on any atom is 0.0741 e. The lowest BCUT2D eigenvalue weighted by molar-refractivity contribution is 0.0435. The van der Waals surface area contributed by atoms with E-state index in [4.69, 9.17) is 0 Å². The Morgan fingerprint density at radius 2 is 2.08 bits per heavy atom. The highest BCUT2D eigenvalue weighted by Crippen LogP contribution is 2.28. The van der Waals surface area contributed by atoms with Crippen molar-refractivity contribution in [1.29, 1.82) is 0 Å². The average Bonchev–Trinajstić information content (AvgIpc) is 1.91. The van der Waals surface area contributed by atoms with E-state index in [-0.39, 0.29) is 6.04 Å². The molecular formula is C11H23NO. The van der Waals surface area contributed by atoms with Crippen LogP contribution in [0, 0.1) is 5.92 Å². The van der Waals surface area contributed by atoms with Gasteiger partial charge in [0.15, 0.2) is 0 Å². The molecule has 1 atom stereocenters. The van der Waals surface area contributed by atoms with Crippen LogP contribution in [0.2, 0.25) is 0 Å². The summed E-state index contributed by atoms with van der Waals surface area (Å²) in [4.78, 5) is 0. The fraction of sp³-hybridized carbons (Fsp3) is 1.00. The Morgan fingerprint density at radius 3 is 2.46 bits per heavy atom. The molecule has 1 aliphatic rings. The van der Waals surface area contributed by atoms with Crippen LogP contribution >= 0.6 is 0 Å². The monoisotopic (exact) mass is 185 g/mol.